The number of likely N-dealkylation sites (tertiary alicyclic amines) is 1. The molecule has 0 aromatic carbocycles. The van der Waals surface area contributed by atoms with E-state index < -0.39 is 145 Å². The molecule has 0 spiro atoms. The van der Waals surface area contributed by atoms with Gasteiger partial charge in [-0.05, 0) is 66.2 Å². The summed E-state index contributed by atoms with van der Waals surface area (Å²) in [4.78, 5) is 150. The highest BCUT2D eigenvalue weighted by atomic mass is 16.4. The fourth-order valence-electron chi connectivity index (χ4n) is 6.42. The lowest BCUT2D eigenvalue weighted by Gasteiger charge is -2.31. The third-order valence-corrected chi connectivity index (χ3v) is 10.2. The van der Waals surface area contributed by atoms with Gasteiger partial charge in [-0.2, -0.15) is 0 Å². The molecule has 9 amide bonds. The van der Waals surface area contributed by atoms with Crippen LogP contribution in [0.5, 0.6) is 0 Å². The Morgan fingerprint density at radius 3 is 1.66 bits per heavy atom. The quantitative estimate of drug-likeness (QED) is 0.0180. The number of hydrogen-bond acceptors (Lipinski definition) is 16. The number of rotatable bonds is 30. The zero-order chi connectivity index (χ0) is 53.4. The Hall–Kier alpha value is -7.41. The minimum absolute atomic E-state index is 0.0214. The van der Waals surface area contributed by atoms with Crippen molar-refractivity contribution in [2.45, 2.75) is 133 Å². The molecule has 1 aliphatic heterocycles. The maximum absolute atomic E-state index is 14.0. The highest BCUT2D eigenvalue weighted by molar-refractivity contribution is 5.99. The molecular formula is C39H68N16O15. The summed E-state index contributed by atoms with van der Waals surface area (Å²) < 4.78 is 0. The molecule has 0 aromatic rings. The standard InChI is InChI=1S/C39H68N16O15/c1-17(40)29(61)48-18(2)31(63)53-24(16-56)34(66)51-21(8-5-11-45-38(41)42)33(65)54-28(20(4)57)36(68)55-13-7-10-25(55)35(67)49-19(3)30(62)52-23(14-27(59)60)32(64)47-15-26(58)50-22(37(69)70)9-6-12-46-39(43)44/h17-25,28,56-57H,5-16,40H2,1-4H3,(H,47,64)(H,48,61)(H,49,67)(H,50,58)(H,51,66)(H,52,62)(H,53,63)(H,54,65)(H,59,60)(H,69,70)(H4,41,42,45)(H4,43,44,46)/t17-,18-,19-,20+,21-,22-,23-,24-,25-,28-/m0/s1. The maximum Gasteiger partial charge on any atom is 0.326 e. The molecule has 10 atom stereocenters. The lowest BCUT2D eigenvalue weighted by molar-refractivity contribution is -0.145. The van der Waals surface area contributed by atoms with Crippen LogP contribution in [0.25, 0.3) is 0 Å². The minimum atomic E-state index is -1.79. The molecule has 0 radical (unpaired) electrons. The van der Waals surface area contributed by atoms with E-state index in [1.165, 1.54) is 20.8 Å². The van der Waals surface area contributed by atoms with Gasteiger partial charge in [0.25, 0.3) is 0 Å². The monoisotopic (exact) mass is 1000 g/mol. The molecule has 394 valence electrons. The van der Waals surface area contributed by atoms with Crippen molar-refractivity contribution in [2.24, 2.45) is 38.7 Å². The van der Waals surface area contributed by atoms with E-state index >= 15 is 0 Å². The second-order valence-electron chi connectivity index (χ2n) is 16.2. The predicted octanol–water partition coefficient (Wildman–Crippen LogP) is -9.09. The van der Waals surface area contributed by atoms with Crippen LogP contribution in [0.4, 0.5) is 0 Å². The number of nitrogens with zero attached hydrogens (tertiary/aromatic N) is 3. The van der Waals surface area contributed by atoms with Crippen molar-refractivity contribution in [3.63, 3.8) is 0 Å². The van der Waals surface area contributed by atoms with Gasteiger partial charge in [-0.3, -0.25) is 57.9 Å². The zero-order valence-corrected chi connectivity index (χ0v) is 39.3. The molecule has 31 nitrogen and oxygen atoms in total. The van der Waals surface area contributed by atoms with E-state index in [1.54, 1.807) is 0 Å². The van der Waals surface area contributed by atoms with Crippen LogP contribution >= 0.6 is 0 Å². The third kappa shape index (κ3) is 21.7. The summed E-state index contributed by atoms with van der Waals surface area (Å²) in [5.41, 5.74) is 26.7. The number of amides is 9. The number of carboxylic acid groups (broad SMARTS) is 2. The SMILES string of the molecule is C[C@H](N)C(=O)N[C@@H](C)C(=O)N[C@@H](CO)C(=O)N[C@@H](CCCN=C(N)N)C(=O)N[C@H](C(=O)N1CCC[C@H]1C(=O)N[C@@H](C)C(=O)N[C@@H](CC(=O)O)C(=O)NCC(=O)N[C@@H](CCCN=C(N)N)C(=O)O)[C@@H](C)O. The van der Waals surface area contributed by atoms with Gasteiger partial charge in [-0.25, -0.2) is 4.79 Å². The van der Waals surface area contributed by atoms with Crippen molar-refractivity contribution in [1.29, 1.82) is 0 Å². The summed E-state index contributed by atoms with van der Waals surface area (Å²) in [7, 11) is 0. The molecule has 0 saturated carbocycles. The zero-order valence-electron chi connectivity index (χ0n) is 39.3. The normalized spacial score (nSPS) is 16.8. The topological polar surface area (TPSA) is 523 Å². The molecule has 0 aromatic heterocycles. The van der Waals surface area contributed by atoms with Crippen molar-refractivity contribution in [2.75, 3.05) is 32.8 Å². The van der Waals surface area contributed by atoms with Gasteiger partial charge >= 0.3 is 11.9 Å². The van der Waals surface area contributed by atoms with Crippen molar-refractivity contribution in [3.8, 4) is 0 Å². The highest BCUT2D eigenvalue weighted by Crippen LogP contribution is 2.20. The molecule has 0 aliphatic carbocycles. The van der Waals surface area contributed by atoms with Crippen molar-refractivity contribution in [1.82, 2.24) is 47.4 Å². The van der Waals surface area contributed by atoms with Crippen LogP contribution in [-0.4, -0.2) is 196 Å². The highest BCUT2D eigenvalue weighted by Gasteiger charge is 2.41. The second-order valence-corrected chi connectivity index (χ2v) is 16.2. The minimum Gasteiger partial charge on any atom is -0.481 e. The fourth-order valence-corrected chi connectivity index (χ4v) is 6.42. The summed E-state index contributed by atoms with van der Waals surface area (Å²) >= 11 is 0. The molecule has 70 heavy (non-hydrogen) atoms. The molecule has 31 heteroatoms. The van der Waals surface area contributed by atoms with E-state index in [4.69, 9.17) is 28.7 Å². The van der Waals surface area contributed by atoms with Crippen LogP contribution < -0.4 is 71.2 Å². The summed E-state index contributed by atoms with van der Waals surface area (Å²) in [6.07, 6.45) is -2.32. The van der Waals surface area contributed by atoms with Crippen molar-refractivity contribution < 1.29 is 73.2 Å². The van der Waals surface area contributed by atoms with E-state index in [0.29, 0.717) is 0 Å². The van der Waals surface area contributed by atoms with E-state index in [0.717, 1.165) is 11.8 Å². The van der Waals surface area contributed by atoms with E-state index in [-0.39, 0.29) is 70.1 Å². The fraction of sp³-hybridized carbons (Fsp3) is 0.667. The van der Waals surface area contributed by atoms with E-state index in [9.17, 15) is 73.2 Å². The molecule has 0 bridgehead atoms. The Morgan fingerprint density at radius 2 is 1.16 bits per heavy atom. The molecule has 1 aliphatic rings. The van der Waals surface area contributed by atoms with Crippen molar-refractivity contribution >= 4 is 77.0 Å². The van der Waals surface area contributed by atoms with Gasteiger partial charge in [0, 0.05) is 19.6 Å². The molecule has 1 heterocycles. The molecule has 0 unspecified atom stereocenters. The summed E-state index contributed by atoms with van der Waals surface area (Å²) in [6, 6.07) is -12.9. The first-order chi connectivity index (χ1) is 32.7. The number of nitrogens with two attached hydrogens (primary N) is 5. The number of aliphatic hydroxyl groups is 2. The second kappa shape index (κ2) is 30.2. The first kappa shape index (κ1) is 60.6. The average molecular weight is 1000 g/mol. The Labute approximate surface area is 401 Å². The van der Waals surface area contributed by atoms with Crippen LogP contribution in [0.1, 0.15) is 72.6 Å². The number of aliphatic imine (C=N–C) groups is 2. The molecule has 1 rings (SSSR count). The van der Waals surface area contributed by atoms with Gasteiger partial charge in [0.1, 0.15) is 48.3 Å². The average Bonchev–Trinajstić information content (AvgIpc) is 3.77. The predicted molar refractivity (Wildman–Crippen MR) is 245 cm³/mol. The van der Waals surface area contributed by atoms with Crippen LogP contribution in [-0.2, 0) is 52.7 Å². The number of aliphatic hydroxyl groups excluding tert-OH is 2. The largest absolute Gasteiger partial charge is 0.481 e. The Bertz CT molecular complexity index is 1940. The summed E-state index contributed by atoms with van der Waals surface area (Å²) in [6.45, 7) is 3.24. The lowest BCUT2D eigenvalue weighted by atomic mass is 10.1. The maximum atomic E-state index is 14.0. The number of carbonyl (C=O) groups excluding carboxylic acids is 9. The van der Waals surface area contributed by atoms with Crippen LogP contribution in [0.3, 0.4) is 0 Å². The van der Waals surface area contributed by atoms with Crippen LogP contribution in [0.15, 0.2) is 9.98 Å². The van der Waals surface area contributed by atoms with Gasteiger partial charge in [-0.1, -0.05) is 0 Å². The van der Waals surface area contributed by atoms with E-state index in [1.807, 2.05) is 0 Å². The number of guanidine groups is 2. The number of aliphatic carboxylic acids is 2. The summed E-state index contributed by atoms with van der Waals surface area (Å²) in [5.74, 6) is -12.1. The first-order valence-electron chi connectivity index (χ1n) is 22.0. The van der Waals surface area contributed by atoms with Gasteiger partial charge in [-0.15, -0.1) is 0 Å². The Kier molecular flexibility index (Phi) is 26.1. The number of carbonyl (C=O) groups is 11. The van der Waals surface area contributed by atoms with Gasteiger partial charge in [0.05, 0.1) is 31.7 Å². The van der Waals surface area contributed by atoms with Gasteiger partial charge < -0.3 is 96.5 Å². The van der Waals surface area contributed by atoms with Gasteiger partial charge in [0.2, 0.25) is 53.2 Å². The molecule has 1 saturated heterocycles. The molecule has 22 N–H and O–H groups in total. The Morgan fingerprint density at radius 1 is 0.643 bits per heavy atom. The number of carboxylic acids is 2. The molecule has 1 fully saturated rings. The van der Waals surface area contributed by atoms with Gasteiger partial charge in [0.15, 0.2) is 11.9 Å². The number of nitrogens with one attached hydrogen (secondary N) is 8. The first-order valence-corrected chi connectivity index (χ1v) is 22.0. The lowest BCUT2D eigenvalue weighted by Crippen LogP contribution is -2.62. The number of hydrogen-bond donors (Lipinski definition) is 17. The van der Waals surface area contributed by atoms with Crippen LogP contribution in [0, 0.1) is 0 Å². The Balaban J connectivity index is 3.11. The smallest absolute Gasteiger partial charge is 0.326 e. The van der Waals surface area contributed by atoms with Crippen LogP contribution in [0.2, 0.25) is 0 Å². The van der Waals surface area contributed by atoms with E-state index in [2.05, 4.69) is 52.5 Å². The molecular weight excluding hydrogens is 933 g/mol. The summed E-state index contributed by atoms with van der Waals surface area (Å²) in [5, 5.41) is 57.7. The third-order valence-electron chi connectivity index (χ3n) is 10.2. The van der Waals surface area contributed by atoms with Crippen molar-refractivity contribution in [3.05, 3.63) is 0 Å².